The number of benzene rings is 1. The van der Waals surface area contributed by atoms with Gasteiger partial charge in [-0.2, -0.15) is 9.65 Å². The van der Waals surface area contributed by atoms with Gasteiger partial charge in [0.25, 0.3) is 0 Å². The number of pyridine rings is 1. The Kier molecular flexibility index (Phi) is 4.26. The van der Waals surface area contributed by atoms with Gasteiger partial charge in [-0.1, -0.05) is 34.8 Å². The lowest BCUT2D eigenvalue weighted by Crippen LogP contribution is -1.97. The summed E-state index contributed by atoms with van der Waals surface area (Å²) in [4.78, 5) is 3.70. The third kappa shape index (κ3) is 2.98. The van der Waals surface area contributed by atoms with E-state index in [9.17, 15) is 4.39 Å². The van der Waals surface area contributed by atoms with Crippen molar-refractivity contribution >= 4 is 34.8 Å². The van der Waals surface area contributed by atoms with Gasteiger partial charge in [0.15, 0.2) is 0 Å². The molecule has 0 bridgehead atoms. The molecule has 0 saturated carbocycles. The highest BCUT2D eigenvalue weighted by Gasteiger charge is 2.15. The number of nitrogens with zero attached hydrogens (tertiary/aromatic N) is 2. The molecule has 2 rings (SSSR count). The lowest BCUT2D eigenvalue weighted by Gasteiger charge is -2.11. The molecule has 2 nitrogen and oxygen atoms in total. The molecule has 1 aromatic heterocycles. The lowest BCUT2D eigenvalue weighted by atomic mass is 10.0. The van der Waals surface area contributed by atoms with Crippen LogP contribution in [0.15, 0.2) is 24.3 Å². The van der Waals surface area contributed by atoms with Crippen LogP contribution in [0.2, 0.25) is 15.1 Å². The molecule has 0 unspecified atom stereocenters. The van der Waals surface area contributed by atoms with Crippen LogP contribution < -0.4 is 0 Å². The Balaban J connectivity index is 2.69. The molecule has 0 amide bonds. The van der Waals surface area contributed by atoms with Crippen molar-refractivity contribution in [3.63, 3.8) is 0 Å². The van der Waals surface area contributed by atoms with E-state index >= 15 is 0 Å². The van der Waals surface area contributed by atoms with Gasteiger partial charge in [-0.3, -0.25) is 0 Å². The molecule has 0 aliphatic rings. The minimum atomic E-state index is -0.657. The molecular weight excluding hydrogens is 310 g/mol. The molecule has 1 aromatic carbocycles. The zero-order chi connectivity index (χ0) is 14.0. The van der Waals surface area contributed by atoms with Crippen LogP contribution in [0, 0.1) is 17.3 Å². The number of hydrogen-bond donors (Lipinski definition) is 0. The molecule has 0 spiro atoms. The molecule has 96 valence electrons. The Hall–Kier alpha value is -1.34. The van der Waals surface area contributed by atoms with Crippen LogP contribution in [-0.2, 0) is 6.42 Å². The van der Waals surface area contributed by atoms with Gasteiger partial charge in [0.1, 0.15) is 0 Å². The normalized spacial score (nSPS) is 10.3. The Morgan fingerprint density at radius 3 is 2.37 bits per heavy atom. The number of hydrogen-bond acceptors (Lipinski definition) is 2. The third-order valence-electron chi connectivity index (χ3n) is 2.46. The summed E-state index contributed by atoms with van der Waals surface area (Å²) in [5, 5.41) is 9.81. The quantitative estimate of drug-likeness (QED) is 0.738. The summed E-state index contributed by atoms with van der Waals surface area (Å²) in [5.41, 5.74) is 1.30. The van der Waals surface area contributed by atoms with Crippen molar-refractivity contribution in [2.45, 2.75) is 6.42 Å². The number of halogens is 4. The molecule has 1 heterocycles. The van der Waals surface area contributed by atoms with Gasteiger partial charge < -0.3 is 0 Å². The van der Waals surface area contributed by atoms with Crippen molar-refractivity contribution in [3.05, 3.63) is 51.0 Å². The third-order valence-corrected chi connectivity index (χ3v) is 3.28. The standard InChI is InChI=1S/C13H6Cl3FN2/c14-7-5-9(15)13(10(16)6-7)8-1-2-12(17)19-11(8)3-4-18/h1-2,5-6H,3H2. The summed E-state index contributed by atoms with van der Waals surface area (Å²) >= 11 is 18.1. The fourth-order valence-corrected chi connectivity index (χ4v) is 2.73. The van der Waals surface area contributed by atoms with Crippen molar-refractivity contribution in [1.82, 2.24) is 4.98 Å². The van der Waals surface area contributed by atoms with E-state index in [2.05, 4.69) is 4.98 Å². The summed E-state index contributed by atoms with van der Waals surface area (Å²) in [6.45, 7) is 0. The number of nitriles is 1. The Labute approximate surface area is 124 Å². The van der Waals surface area contributed by atoms with Gasteiger partial charge in [0.2, 0.25) is 5.95 Å². The molecule has 19 heavy (non-hydrogen) atoms. The van der Waals surface area contributed by atoms with Crippen LogP contribution in [0.5, 0.6) is 0 Å². The average Bonchev–Trinajstić information content (AvgIpc) is 2.31. The Morgan fingerprint density at radius 2 is 1.79 bits per heavy atom. The first-order valence-corrected chi connectivity index (χ1v) is 6.33. The molecule has 0 aliphatic heterocycles. The van der Waals surface area contributed by atoms with E-state index in [1.165, 1.54) is 24.3 Å². The maximum Gasteiger partial charge on any atom is 0.213 e. The Morgan fingerprint density at radius 1 is 1.16 bits per heavy atom. The van der Waals surface area contributed by atoms with Crippen LogP contribution in [0.1, 0.15) is 5.69 Å². The zero-order valence-electron chi connectivity index (χ0n) is 9.42. The van der Waals surface area contributed by atoms with Gasteiger partial charge >= 0.3 is 0 Å². The van der Waals surface area contributed by atoms with Crippen molar-refractivity contribution in [2.75, 3.05) is 0 Å². The number of aromatic nitrogens is 1. The van der Waals surface area contributed by atoms with Gasteiger partial charge in [-0.05, 0) is 24.3 Å². The summed E-state index contributed by atoms with van der Waals surface area (Å²) in [6.07, 6.45) is -0.0393. The summed E-state index contributed by atoms with van der Waals surface area (Å²) < 4.78 is 13.1. The first kappa shape index (κ1) is 14.1. The highest BCUT2D eigenvalue weighted by molar-refractivity contribution is 6.41. The van der Waals surface area contributed by atoms with E-state index in [1.54, 1.807) is 0 Å². The monoisotopic (exact) mass is 314 g/mol. The van der Waals surface area contributed by atoms with E-state index in [-0.39, 0.29) is 12.1 Å². The molecule has 0 aliphatic carbocycles. The van der Waals surface area contributed by atoms with E-state index in [0.29, 0.717) is 26.2 Å². The van der Waals surface area contributed by atoms with Gasteiger partial charge in [-0.15, -0.1) is 0 Å². The largest absolute Gasteiger partial charge is 0.223 e. The summed E-state index contributed by atoms with van der Waals surface area (Å²) in [7, 11) is 0. The zero-order valence-corrected chi connectivity index (χ0v) is 11.7. The molecular formula is C13H6Cl3FN2. The van der Waals surface area contributed by atoms with E-state index in [1.807, 2.05) is 6.07 Å². The highest BCUT2D eigenvalue weighted by atomic mass is 35.5. The smallest absolute Gasteiger partial charge is 0.213 e. The minimum absolute atomic E-state index is 0.0393. The van der Waals surface area contributed by atoms with Crippen LogP contribution in [0.3, 0.4) is 0 Å². The maximum absolute atomic E-state index is 13.1. The Bertz CT molecular complexity index is 657. The van der Waals surface area contributed by atoms with Crippen LogP contribution in [0.4, 0.5) is 4.39 Å². The summed E-state index contributed by atoms with van der Waals surface area (Å²) in [5.74, 6) is -0.657. The summed E-state index contributed by atoms with van der Waals surface area (Å²) in [6, 6.07) is 7.68. The maximum atomic E-state index is 13.1. The van der Waals surface area contributed by atoms with Gasteiger partial charge in [0, 0.05) is 16.1 Å². The average molecular weight is 316 g/mol. The SMILES string of the molecule is N#CCc1nc(F)ccc1-c1c(Cl)cc(Cl)cc1Cl. The fourth-order valence-electron chi connectivity index (χ4n) is 1.71. The predicted molar refractivity (Wildman–Crippen MR) is 74.0 cm³/mol. The lowest BCUT2D eigenvalue weighted by molar-refractivity contribution is 0.579. The van der Waals surface area contributed by atoms with E-state index < -0.39 is 5.95 Å². The predicted octanol–water partition coefficient (Wildman–Crippen LogP) is 4.91. The first-order valence-electron chi connectivity index (χ1n) is 5.20. The first-order chi connectivity index (χ1) is 9.02. The molecule has 2 aromatic rings. The highest BCUT2D eigenvalue weighted by Crippen LogP contribution is 2.38. The van der Waals surface area contributed by atoms with Gasteiger partial charge in [0.05, 0.1) is 28.2 Å². The number of rotatable bonds is 2. The van der Waals surface area contributed by atoms with Crippen molar-refractivity contribution in [3.8, 4) is 17.2 Å². The van der Waals surface area contributed by atoms with Crippen LogP contribution in [0.25, 0.3) is 11.1 Å². The molecule has 0 fully saturated rings. The second-order valence-corrected chi connectivity index (χ2v) is 4.96. The van der Waals surface area contributed by atoms with Crippen molar-refractivity contribution < 1.29 is 4.39 Å². The van der Waals surface area contributed by atoms with Gasteiger partial charge in [-0.25, -0.2) is 4.98 Å². The van der Waals surface area contributed by atoms with Crippen LogP contribution in [-0.4, -0.2) is 4.98 Å². The fraction of sp³-hybridized carbons (Fsp3) is 0.0769. The topological polar surface area (TPSA) is 36.7 Å². The molecule has 0 N–H and O–H groups in total. The minimum Gasteiger partial charge on any atom is -0.223 e. The molecule has 6 heteroatoms. The van der Waals surface area contributed by atoms with Crippen LogP contribution >= 0.6 is 34.8 Å². The second kappa shape index (κ2) is 5.75. The molecule has 0 saturated heterocycles. The van der Waals surface area contributed by atoms with E-state index in [4.69, 9.17) is 40.1 Å². The molecule has 0 atom stereocenters. The van der Waals surface area contributed by atoms with Crippen molar-refractivity contribution in [2.24, 2.45) is 0 Å². The van der Waals surface area contributed by atoms with E-state index in [0.717, 1.165) is 0 Å². The second-order valence-electron chi connectivity index (χ2n) is 3.71. The van der Waals surface area contributed by atoms with Crippen molar-refractivity contribution in [1.29, 1.82) is 5.26 Å². The molecule has 0 radical (unpaired) electrons.